The van der Waals surface area contributed by atoms with Crippen molar-refractivity contribution in [2.75, 3.05) is 24.3 Å². The molecule has 3 rings (SSSR count). The lowest BCUT2D eigenvalue weighted by atomic mass is 10.1. The van der Waals surface area contributed by atoms with Gasteiger partial charge in [0.1, 0.15) is 0 Å². The number of nitrogens with one attached hydrogen (secondary N) is 1. The molecule has 22 heavy (non-hydrogen) atoms. The lowest BCUT2D eigenvalue weighted by Gasteiger charge is -2.14. The zero-order valence-electron chi connectivity index (χ0n) is 12.8. The zero-order chi connectivity index (χ0) is 15.7. The summed E-state index contributed by atoms with van der Waals surface area (Å²) in [5.74, 6) is 0.128. The van der Waals surface area contributed by atoms with Crippen molar-refractivity contribution >= 4 is 33.2 Å². The van der Waals surface area contributed by atoms with Gasteiger partial charge in [0.25, 0.3) is 0 Å². The molecule has 3 nitrogen and oxygen atoms in total. The molecule has 0 spiro atoms. The number of fused-ring (bicyclic) bond motifs is 1. The van der Waals surface area contributed by atoms with Gasteiger partial charge in [0.05, 0.1) is 0 Å². The third-order valence-electron chi connectivity index (χ3n) is 4.12. The second-order valence-corrected chi connectivity index (χ2v) is 6.86. The minimum absolute atomic E-state index is 0.0258. The Morgan fingerprint density at radius 1 is 1.09 bits per heavy atom. The van der Waals surface area contributed by atoms with E-state index in [1.807, 2.05) is 49.3 Å². The van der Waals surface area contributed by atoms with E-state index in [9.17, 15) is 4.79 Å². The molecule has 114 valence electrons. The molecule has 2 aromatic rings. The molecule has 2 aromatic carbocycles. The van der Waals surface area contributed by atoms with Crippen LogP contribution in [0.1, 0.15) is 11.1 Å². The van der Waals surface area contributed by atoms with Gasteiger partial charge in [-0.1, -0.05) is 22.0 Å². The van der Waals surface area contributed by atoms with Crippen molar-refractivity contribution < 1.29 is 4.79 Å². The Morgan fingerprint density at radius 2 is 1.77 bits per heavy atom. The van der Waals surface area contributed by atoms with E-state index in [4.69, 9.17) is 0 Å². The van der Waals surface area contributed by atoms with E-state index in [-0.39, 0.29) is 11.8 Å². The fourth-order valence-electron chi connectivity index (χ4n) is 2.86. The van der Waals surface area contributed by atoms with Crippen LogP contribution in [0.3, 0.4) is 0 Å². The first kappa shape index (κ1) is 15.1. The van der Waals surface area contributed by atoms with Gasteiger partial charge in [-0.3, -0.25) is 4.79 Å². The van der Waals surface area contributed by atoms with Crippen molar-refractivity contribution in [3.05, 3.63) is 58.1 Å². The van der Waals surface area contributed by atoms with Crippen LogP contribution in [-0.4, -0.2) is 20.0 Å². The second kappa shape index (κ2) is 6.13. The summed E-state index contributed by atoms with van der Waals surface area (Å²) < 4.78 is 1.08. The molecule has 0 aromatic heterocycles. The quantitative estimate of drug-likeness (QED) is 0.902. The molecule has 1 unspecified atom stereocenters. The van der Waals surface area contributed by atoms with Crippen molar-refractivity contribution in [1.29, 1.82) is 0 Å². The number of benzene rings is 2. The van der Waals surface area contributed by atoms with E-state index < -0.39 is 0 Å². The number of halogens is 1. The molecular formula is C18H19BrN2O. The topological polar surface area (TPSA) is 32.3 Å². The molecule has 0 heterocycles. The van der Waals surface area contributed by atoms with Crippen molar-refractivity contribution in [1.82, 2.24) is 0 Å². The molecule has 1 amide bonds. The summed E-state index contributed by atoms with van der Waals surface area (Å²) in [7, 11) is 4.00. The summed E-state index contributed by atoms with van der Waals surface area (Å²) in [5, 5.41) is 3.03. The third kappa shape index (κ3) is 3.17. The fraction of sp³-hybridized carbons (Fsp3) is 0.278. The van der Waals surface area contributed by atoms with E-state index in [2.05, 4.69) is 33.4 Å². The van der Waals surface area contributed by atoms with Crippen molar-refractivity contribution in [2.24, 2.45) is 5.92 Å². The average molecular weight is 359 g/mol. The molecule has 0 fully saturated rings. The highest BCUT2D eigenvalue weighted by Crippen LogP contribution is 2.30. The molecule has 1 aliphatic rings. The minimum atomic E-state index is 0.0258. The number of nitrogens with zero attached hydrogens (tertiary/aromatic N) is 1. The molecule has 0 radical (unpaired) electrons. The van der Waals surface area contributed by atoms with Gasteiger partial charge in [-0.05, 0) is 60.4 Å². The molecule has 0 saturated heterocycles. The van der Waals surface area contributed by atoms with E-state index >= 15 is 0 Å². The molecule has 0 aliphatic heterocycles. The smallest absolute Gasteiger partial charge is 0.228 e. The lowest BCUT2D eigenvalue weighted by molar-refractivity contribution is -0.119. The number of amides is 1. The van der Waals surface area contributed by atoms with Gasteiger partial charge in [-0.2, -0.15) is 0 Å². The van der Waals surface area contributed by atoms with Crippen LogP contribution in [0.15, 0.2) is 46.9 Å². The Morgan fingerprint density at radius 3 is 2.45 bits per heavy atom. The second-order valence-electron chi connectivity index (χ2n) is 5.95. The van der Waals surface area contributed by atoms with Crippen LogP contribution < -0.4 is 10.2 Å². The summed E-state index contributed by atoms with van der Waals surface area (Å²) in [5.41, 5.74) is 4.53. The predicted octanol–water partition coefficient (Wildman–Crippen LogP) is 3.87. The summed E-state index contributed by atoms with van der Waals surface area (Å²) >= 11 is 3.49. The Balaban J connectivity index is 1.66. The molecule has 0 bridgehead atoms. The Labute approximate surface area is 139 Å². The van der Waals surface area contributed by atoms with Gasteiger partial charge in [0, 0.05) is 35.9 Å². The fourth-order valence-corrected chi connectivity index (χ4v) is 3.27. The molecular weight excluding hydrogens is 340 g/mol. The van der Waals surface area contributed by atoms with Gasteiger partial charge in [0.15, 0.2) is 0 Å². The van der Waals surface area contributed by atoms with Gasteiger partial charge < -0.3 is 10.2 Å². The maximum atomic E-state index is 12.5. The number of carbonyl (C=O) groups is 1. The predicted molar refractivity (Wildman–Crippen MR) is 94.4 cm³/mol. The molecule has 1 atom stereocenters. The van der Waals surface area contributed by atoms with Crippen LogP contribution in [0.4, 0.5) is 11.4 Å². The Bertz CT molecular complexity index is 695. The largest absolute Gasteiger partial charge is 0.378 e. The minimum Gasteiger partial charge on any atom is -0.378 e. The van der Waals surface area contributed by atoms with Crippen LogP contribution in [-0.2, 0) is 17.6 Å². The van der Waals surface area contributed by atoms with E-state index in [1.54, 1.807) is 0 Å². The van der Waals surface area contributed by atoms with E-state index in [1.165, 1.54) is 11.1 Å². The first-order valence-corrected chi connectivity index (χ1v) is 8.18. The number of hydrogen-bond donors (Lipinski definition) is 1. The Hall–Kier alpha value is -1.81. The SMILES string of the molecule is CN(C)c1ccc(NC(=O)C2Cc3ccc(Br)cc3C2)cc1. The first-order chi connectivity index (χ1) is 10.5. The highest BCUT2D eigenvalue weighted by Gasteiger charge is 2.27. The number of hydrogen-bond acceptors (Lipinski definition) is 2. The normalized spacial score (nSPS) is 16.2. The monoisotopic (exact) mass is 358 g/mol. The third-order valence-corrected chi connectivity index (χ3v) is 4.62. The van der Waals surface area contributed by atoms with E-state index in [0.717, 1.165) is 28.7 Å². The average Bonchev–Trinajstić information content (AvgIpc) is 2.91. The molecule has 0 saturated carbocycles. The number of carbonyl (C=O) groups excluding carboxylic acids is 1. The zero-order valence-corrected chi connectivity index (χ0v) is 14.4. The van der Waals surface area contributed by atoms with Crippen LogP contribution in [0.5, 0.6) is 0 Å². The summed E-state index contributed by atoms with van der Waals surface area (Å²) in [4.78, 5) is 14.5. The van der Waals surface area contributed by atoms with Crippen LogP contribution >= 0.6 is 15.9 Å². The van der Waals surface area contributed by atoms with Gasteiger partial charge >= 0.3 is 0 Å². The van der Waals surface area contributed by atoms with Crippen molar-refractivity contribution in [2.45, 2.75) is 12.8 Å². The van der Waals surface area contributed by atoms with Crippen LogP contribution in [0, 0.1) is 5.92 Å². The Kier molecular flexibility index (Phi) is 4.21. The summed E-state index contributed by atoms with van der Waals surface area (Å²) in [6.45, 7) is 0. The highest BCUT2D eigenvalue weighted by molar-refractivity contribution is 9.10. The maximum Gasteiger partial charge on any atom is 0.228 e. The van der Waals surface area contributed by atoms with Gasteiger partial charge in [-0.25, -0.2) is 0 Å². The van der Waals surface area contributed by atoms with Gasteiger partial charge in [0.2, 0.25) is 5.91 Å². The van der Waals surface area contributed by atoms with Crippen molar-refractivity contribution in [3.8, 4) is 0 Å². The summed E-state index contributed by atoms with van der Waals surface area (Å²) in [6, 6.07) is 14.2. The molecule has 1 N–H and O–H groups in total. The highest BCUT2D eigenvalue weighted by atomic mass is 79.9. The molecule has 1 aliphatic carbocycles. The van der Waals surface area contributed by atoms with Crippen molar-refractivity contribution in [3.63, 3.8) is 0 Å². The van der Waals surface area contributed by atoms with Gasteiger partial charge in [-0.15, -0.1) is 0 Å². The lowest BCUT2D eigenvalue weighted by Crippen LogP contribution is -2.23. The van der Waals surface area contributed by atoms with Crippen LogP contribution in [0.2, 0.25) is 0 Å². The first-order valence-electron chi connectivity index (χ1n) is 7.38. The van der Waals surface area contributed by atoms with Crippen LogP contribution in [0.25, 0.3) is 0 Å². The standard InChI is InChI=1S/C18H19BrN2O/c1-21(2)17-7-5-16(6-8-17)20-18(22)14-9-12-3-4-15(19)11-13(12)10-14/h3-8,11,14H,9-10H2,1-2H3,(H,20,22). The number of rotatable bonds is 3. The summed E-state index contributed by atoms with van der Waals surface area (Å²) in [6.07, 6.45) is 1.64. The number of anilines is 2. The maximum absolute atomic E-state index is 12.5. The van der Waals surface area contributed by atoms with E-state index in [0.29, 0.717) is 0 Å². The molecule has 4 heteroatoms.